The molecule has 0 aliphatic carbocycles. The third kappa shape index (κ3) is 2.66. The minimum absolute atomic E-state index is 0.0981. The molecule has 2 N–H and O–H groups in total. The van der Waals surface area contributed by atoms with Gasteiger partial charge in [0, 0.05) is 25.2 Å². The van der Waals surface area contributed by atoms with E-state index in [1.165, 1.54) is 6.26 Å². The van der Waals surface area contributed by atoms with Gasteiger partial charge in [0.05, 0.1) is 12.1 Å². The molecule has 0 unspecified atom stereocenters. The van der Waals surface area contributed by atoms with Crippen molar-refractivity contribution in [3.8, 4) is 0 Å². The van der Waals surface area contributed by atoms with E-state index in [9.17, 15) is 4.79 Å². The SMILES string of the molecule is C[C@@H]1CCCN(C(=O)Cc2ccon2)[C@H]1CN. The fraction of sp³-hybridized carbons (Fsp3) is 0.667. The summed E-state index contributed by atoms with van der Waals surface area (Å²) in [7, 11) is 0. The van der Waals surface area contributed by atoms with Crippen LogP contribution in [0.4, 0.5) is 0 Å². The molecule has 2 atom stereocenters. The van der Waals surface area contributed by atoms with Gasteiger partial charge in [-0.1, -0.05) is 12.1 Å². The molecule has 0 saturated carbocycles. The molecule has 1 fully saturated rings. The standard InChI is InChI=1S/C12H19N3O2/c1-9-3-2-5-15(11(9)8-13)12(16)7-10-4-6-17-14-10/h4,6,9,11H,2-3,5,7-8,13H2,1H3/t9-,11+/m1/s1. The lowest BCUT2D eigenvalue weighted by molar-refractivity contribution is -0.135. The number of carbonyl (C=O) groups is 1. The average Bonchev–Trinajstić information content (AvgIpc) is 2.81. The highest BCUT2D eigenvalue weighted by Gasteiger charge is 2.30. The molecule has 1 aliphatic heterocycles. The number of carbonyl (C=O) groups excluding carboxylic acids is 1. The predicted molar refractivity (Wildman–Crippen MR) is 63.2 cm³/mol. The van der Waals surface area contributed by atoms with E-state index >= 15 is 0 Å². The van der Waals surface area contributed by atoms with Crippen molar-refractivity contribution in [3.05, 3.63) is 18.0 Å². The summed E-state index contributed by atoms with van der Waals surface area (Å²) in [5.74, 6) is 0.580. The maximum atomic E-state index is 12.2. The summed E-state index contributed by atoms with van der Waals surface area (Å²) in [6.45, 7) is 3.50. The molecule has 5 heteroatoms. The van der Waals surface area contributed by atoms with E-state index < -0.39 is 0 Å². The average molecular weight is 237 g/mol. The Kier molecular flexibility index (Phi) is 3.78. The smallest absolute Gasteiger partial charge is 0.229 e. The minimum Gasteiger partial charge on any atom is -0.364 e. The van der Waals surface area contributed by atoms with Crippen LogP contribution in [-0.4, -0.2) is 35.1 Å². The second kappa shape index (κ2) is 5.31. The molecule has 0 aromatic carbocycles. The Morgan fingerprint density at radius 1 is 1.71 bits per heavy atom. The number of aromatic nitrogens is 1. The zero-order valence-electron chi connectivity index (χ0n) is 10.1. The summed E-state index contributed by atoms with van der Waals surface area (Å²) in [5, 5.41) is 3.77. The predicted octanol–water partition coefficient (Wildman–Crippen LogP) is 0.803. The summed E-state index contributed by atoms with van der Waals surface area (Å²) in [4.78, 5) is 14.1. The fourth-order valence-corrected chi connectivity index (χ4v) is 2.50. The van der Waals surface area contributed by atoms with Crippen molar-refractivity contribution >= 4 is 5.91 Å². The Morgan fingerprint density at radius 3 is 3.18 bits per heavy atom. The van der Waals surface area contributed by atoms with Crippen LogP contribution < -0.4 is 5.73 Å². The molecule has 5 nitrogen and oxygen atoms in total. The van der Waals surface area contributed by atoms with Gasteiger partial charge in [-0.05, 0) is 18.8 Å². The van der Waals surface area contributed by atoms with Crippen LogP contribution in [0.5, 0.6) is 0 Å². The van der Waals surface area contributed by atoms with Gasteiger partial charge in [0.2, 0.25) is 5.91 Å². The van der Waals surface area contributed by atoms with E-state index in [0.717, 1.165) is 19.4 Å². The first-order valence-corrected chi connectivity index (χ1v) is 6.11. The molecular formula is C12H19N3O2. The van der Waals surface area contributed by atoms with E-state index in [4.69, 9.17) is 10.3 Å². The van der Waals surface area contributed by atoms with Crippen LogP contribution in [0.15, 0.2) is 16.9 Å². The number of nitrogens with zero attached hydrogens (tertiary/aromatic N) is 2. The van der Waals surface area contributed by atoms with E-state index in [-0.39, 0.29) is 11.9 Å². The number of rotatable bonds is 3. The monoisotopic (exact) mass is 237 g/mol. The Morgan fingerprint density at radius 2 is 2.53 bits per heavy atom. The first-order chi connectivity index (χ1) is 8.22. The van der Waals surface area contributed by atoms with Gasteiger partial charge in [-0.15, -0.1) is 0 Å². The fourth-order valence-electron chi connectivity index (χ4n) is 2.50. The van der Waals surface area contributed by atoms with Gasteiger partial charge < -0.3 is 15.2 Å². The van der Waals surface area contributed by atoms with Gasteiger partial charge >= 0.3 is 0 Å². The van der Waals surface area contributed by atoms with Crippen molar-refractivity contribution in [1.29, 1.82) is 0 Å². The maximum absolute atomic E-state index is 12.2. The highest BCUT2D eigenvalue weighted by Crippen LogP contribution is 2.23. The lowest BCUT2D eigenvalue weighted by Crippen LogP contribution is -2.51. The van der Waals surface area contributed by atoms with Gasteiger partial charge in [-0.2, -0.15) is 0 Å². The van der Waals surface area contributed by atoms with Crippen molar-refractivity contribution in [2.24, 2.45) is 11.7 Å². The molecule has 1 aromatic heterocycles. The van der Waals surface area contributed by atoms with Crippen LogP contribution >= 0.6 is 0 Å². The van der Waals surface area contributed by atoms with Crippen LogP contribution in [-0.2, 0) is 11.2 Å². The van der Waals surface area contributed by atoms with Gasteiger partial charge in [-0.3, -0.25) is 4.79 Å². The zero-order chi connectivity index (χ0) is 12.3. The Labute approximate surface area is 101 Å². The topological polar surface area (TPSA) is 72.4 Å². The maximum Gasteiger partial charge on any atom is 0.229 e. The van der Waals surface area contributed by atoms with Crippen molar-refractivity contribution in [3.63, 3.8) is 0 Å². The van der Waals surface area contributed by atoms with E-state index in [0.29, 0.717) is 24.6 Å². The van der Waals surface area contributed by atoms with Gasteiger partial charge in [-0.25, -0.2) is 0 Å². The molecule has 0 spiro atoms. The zero-order valence-corrected chi connectivity index (χ0v) is 10.1. The van der Waals surface area contributed by atoms with Crippen molar-refractivity contribution in [2.75, 3.05) is 13.1 Å². The Hall–Kier alpha value is -1.36. The third-order valence-corrected chi connectivity index (χ3v) is 3.50. The lowest BCUT2D eigenvalue weighted by Gasteiger charge is -2.39. The van der Waals surface area contributed by atoms with Crippen LogP contribution in [0.1, 0.15) is 25.5 Å². The van der Waals surface area contributed by atoms with Gasteiger partial charge in [0.15, 0.2) is 0 Å². The number of hydrogen-bond donors (Lipinski definition) is 1. The molecule has 1 aliphatic rings. The minimum atomic E-state index is 0.0981. The van der Waals surface area contributed by atoms with Crippen LogP contribution in [0.3, 0.4) is 0 Å². The Balaban J connectivity index is 2.02. The van der Waals surface area contributed by atoms with E-state index in [1.807, 2.05) is 4.90 Å². The number of piperidine rings is 1. The molecule has 1 saturated heterocycles. The van der Waals surface area contributed by atoms with Crippen LogP contribution in [0, 0.1) is 5.92 Å². The first-order valence-electron chi connectivity index (χ1n) is 6.11. The summed E-state index contributed by atoms with van der Waals surface area (Å²) in [5.41, 5.74) is 6.45. The quantitative estimate of drug-likeness (QED) is 0.844. The molecule has 0 radical (unpaired) electrons. The first kappa shape index (κ1) is 12.1. The van der Waals surface area contributed by atoms with Crippen molar-refractivity contribution < 1.29 is 9.32 Å². The van der Waals surface area contributed by atoms with E-state index in [2.05, 4.69) is 12.1 Å². The van der Waals surface area contributed by atoms with Crippen molar-refractivity contribution in [2.45, 2.75) is 32.2 Å². The number of nitrogens with two attached hydrogens (primary N) is 1. The normalized spacial score (nSPS) is 24.9. The Bertz CT molecular complexity index is 364. The lowest BCUT2D eigenvalue weighted by atomic mass is 9.90. The van der Waals surface area contributed by atoms with Gasteiger partial charge in [0.25, 0.3) is 0 Å². The summed E-state index contributed by atoms with van der Waals surface area (Å²) >= 11 is 0. The van der Waals surface area contributed by atoms with Gasteiger partial charge in [0.1, 0.15) is 6.26 Å². The molecule has 2 heterocycles. The highest BCUT2D eigenvalue weighted by molar-refractivity contribution is 5.78. The van der Waals surface area contributed by atoms with Crippen LogP contribution in [0.2, 0.25) is 0 Å². The number of amides is 1. The molecule has 1 aromatic rings. The molecule has 1 amide bonds. The van der Waals surface area contributed by atoms with Crippen LogP contribution in [0.25, 0.3) is 0 Å². The largest absolute Gasteiger partial charge is 0.364 e. The van der Waals surface area contributed by atoms with E-state index in [1.54, 1.807) is 6.07 Å². The third-order valence-electron chi connectivity index (χ3n) is 3.50. The summed E-state index contributed by atoms with van der Waals surface area (Å²) in [6, 6.07) is 1.89. The summed E-state index contributed by atoms with van der Waals surface area (Å²) in [6.07, 6.45) is 4.00. The molecule has 94 valence electrons. The molecule has 0 bridgehead atoms. The molecule has 2 rings (SSSR count). The second-order valence-corrected chi connectivity index (χ2v) is 4.68. The number of hydrogen-bond acceptors (Lipinski definition) is 4. The number of likely N-dealkylation sites (tertiary alicyclic amines) is 1. The summed E-state index contributed by atoms with van der Waals surface area (Å²) < 4.78 is 4.73. The molecular weight excluding hydrogens is 218 g/mol. The van der Waals surface area contributed by atoms with Crippen molar-refractivity contribution in [1.82, 2.24) is 10.1 Å². The molecule has 17 heavy (non-hydrogen) atoms. The second-order valence-electron chi connectivity index (χ2n) is 4.68. The highest BCUT2D eigenvalue weighted by atomic mass is 16.5.